The summed E-state index contributed by atoms with van der Waals surface area (Å²) < 4.78 is 1.86. The molecule has 0 saturated carbocycles. The molecule has 4 nitrogen and oxygen atoms in total. The van der Waals surface area contributed by atoms with Gasteiger partial charge in [-0.05, 0) is 31.0 Å². The Balaban J connectivity index is 1.62. The quantitative estimate of drug-likeness (QED) is 0.797. The molecule has 0 aliphatic carbocycles. The van der Waals surface area contributed by atoms with E-state index in [1.54, 1.807) is 6.20 Å². The fraction of sp³-hybridized carbons (Fsp3) is 0.176. The van der Waals surface area contributed by atoms with Crippen LogP contribution in [0.15, 0.2) is 54.9 Å². The number of hydrogen-bond acceptors (Lipinski definition) is 2. The Morgan fingerprint density at radius 2 is 2.00 bits per heavy atom. The minimum Gasteiger partial charge on any atom is -0.296 e. The van der Waals surface area contributed by atoms with Crippen LogP contribution in [0.4, 0.5) is 5.95 Å². The Labute approximate surface area is 123 Å². The fourth-order valence-corrected chi connectivity index (χ4v) is 2.24. The summed E-state index contributed by atoms with van der Waals surface area (Å²) in [6, 6.07) is 14.1. The van der Waals surface area contributed by atoms with Crippen LogP contribution in [0.1, 0.15) is 17.5 Å². The lowest BCUT2D eigenvalue weighted by molar-refractivity contribution is -0.116. The fourth-order valence-electron chi connectivity index (χ4n) is 2.24. The molecule has 0 aliphatic heterocycles. The Bertz CT molecular complexity index is 759. The largest absolute Gasteiger partial charge is 0.296 e. The predicted octanol–water partition coefficient (Wildman–Crippen LogP) is 3.21. The molecule has 4 heteroatoms. The van der Waals surface area contributed by atoms with Crippen molar-refractivity contribution in [2.75, 3.05) is 5.32 Å². The highest BCUT2D eigenvalue weighted by atomic mass is 16.1. The number of pyridine rings is 1. The highest BCUT2D eigenvalue weighted by Gasteiger charge is 2.07. The lowest BCUT2D eigenvalue weighted by Gasteiger charge is -2.05. The maximum absolute atomic E-state index is 12.0. The van der Waals surface area contributed by atoms with E-state index < -0.39 is 0 Å². The van der Waals surface area contributed by atoms with Gasteiger partial charge in [-0.25, -0.2) is 4.98 Å². The average Bonchev–Trinajstić information content (AvgIpc) is 2.90. The smallest absolute Gasteiger partial charge is 0.227 e. The third kappa shape index (κ3) is 3.11. The molecule has 0 aliphatic rings. The molecule has 1 aromatic carbocycles. The third-order valence-corrected chi connectivity index (χ3v) is 3.45. The van der Waals surface area contributed by atoms with Gasteiger partial charge in [0.1, 0.15) is 0 Å². The summed E-state index contributed by atoms with van der Waals surface area (Å²) in [5, 5.41) is 2.86. The first-order valence-electron chi connectivity index (χ1n) is 7.00. The van der Waals surface area contributed by atoms with E-state index in [0.717, 1.165) is 11.9 Å². The highest BCUT2D eigenvalue weighted by molar-refractivity contribution is 5.89. The van der Waals surface area contributed by atoms with Crippen molar-refractivity contribution in [3.05, 3.63) is 66.0 Å². The molecule has 106 valence electrons. The summed E-state index contributed by atoms with van der Waals surface area (Å²) >= 11 is 0. The molecule has 0 fully saturated rings. The number of anilines is 1. The van der Waals surface area contributed by atoms with Crippen molar-refractivity contribution in [2.24, 2.45) is 0 Å². The van der Waals surface area contributed by atoms with E-state index in [1.165, 1.54) is 11.1 Å². The maximum Gasteiger partial charge on any atom is 0.227 e. The number of aryl methyl sites for hydroxylation is 2. The first kappa shape index (κ1) is 13.4. The van der Waals surface area contributed by atoms with Gasteiger partial charge in [0, 0.05) is 12.6 Å². The second-order valence-corrected chi connectivity index (χ2v) is 5.11. The zero-order valence-corrected chi connectivity index (χ0v) is 11.9. The average molecular weight is 279 g/mol. The zero-order chi connectivity index (χ0) is 14.7. The minimum absolute atomic E-state index is 0.0214. The molecule has 0 unspecified atom stereocenters. The Morgan fingerprint density at radius 3 is 2.81 bits per heavy atom. The molecular weight excluding hydrogens is 262 g/mol. The lowest BCUT2D eigenvalue weighted by Crippen LogP contribution is -2.14. The van der Waals surface area contributed by atoms with Gasteiger partial charge in [0.15, 0.2) is 0 Å². The van der Waals surface area contributed by atoms with Gasteiger partial charge in [-0.3, -0.25) is 14.5 Å². The number of rotatable bonds is 4. The SMILES string of the molecule is Cc1ccc(CCC(=O)Nc2ncc3ccccn23)cc1. The number of carbonyl (C=O) groups excluding carboxylic acids is 1. The van der Waals surface area contributed by atoms with Crippen LogP contribution in [0.2, 0.25) is 0 Å². The maximum atomic E-state index is 12.0. The van der Waals surface area contributed by atoms with Crippen molar-refractivity contribution >= 4 is 17.4 Å². The zero-order valence-electron chi connectivity index (χ0n) is 11.9. The van der Waals surface area contributed by atoms with E-state index in [9.17, 15) is 4.79 Å². The number of benzene rings is 1. The second-order valence-electron chi connectivity index (χ2n) is 5.11. The molecule has 0 bridgehead atoms. The van der Waals surface area contributed by atoms with Crippen molar-refractivity contribution in [2.45, 2.75) is 19.8 Å². The monoisotopic (exact) mass is 279 g/mol. The van der Waals surface area contributed by atoms with Gasteiger partial charge in [0.05, 0.1) is 11.7 Å². The van der Waals surface area contributed by atoms with Crippen molar-refractivity contribution in [1.82, 2.24) is 9.38 Å². The normalized spacial score (nSPS) is 10.7. The van der Waals surface area contributed by atoms with Gasteiger partial charge < -0.3 is 0 Å². The summed E-state index contributed by atoms with van der Waals surface area (Å²) in [5.74, 6) is 0.548. The summed E-state index contributed by atoms with van der Waals surface area (Å²) in [6.45, 7) is 2.06. The summed E-state index contributed by atoms with van der Waals surface area (Å²) in [7, 11) is 0. The molecule has 1 amide bonds. The number of nitrogens with one attached hydrogen (secondary N) is 1. The first-order valence-corrected chi connectivity index (χ1v) is 7.00. The van der Waals surface area contributed by atoms with Crippen molar-refractivity contribution < 1.29 is 4.79 Å². The third-order valence-electron chi connectivity index (χ3n) is 3.45. The van der Waals surface area contributed by atoms with Gasteiger partial charge in [-0.1, -0.05) is 35.9 Å². The Hall–Kier alpha value is -2.62. The molecule has 2 heterocycles. The highest BCUT2D eigenvalue weighted by Crippen LogP contribution is 2.11. The van der Waals surface area contributed by atoms with Crippen LogP contribution >= 0.6 is 0 Å². The van der Waals surface area contributed by atoms with Gasteiger partial charge in [0.25, 0.3) is 0 Å². The van der Waals surface area contributed by atoms with E-state index in [-0.39, 0.29) is 5.91 Å². The van der Waals surface area contributed by atoms with Crippen LogP contribution in [-0.4, -0.2) is 15.3 Å². The van der Waals surface area contributed by atoms with Crippen LogP contribution in [0.3, 0.4) is 0 Å². The number of amides is 1. The number of nitrogens with zero attached hydrogens (tertiary/aromatic N) is 2. The molecule has 3 aromatic rings. The summed E-state index contributed by atoms with van der Waals surface area (Å²) in [6.07, 6.45) is 4.81. The van der Waals surface area contributed by atoms with E-state index in [4.69, 9.17) is 0 Å². The van der Waals surface area contributed by atoms with Crippen molar-refractivity contribution in [3.63, 3.8) is 0 Å². The van der Waals surface area contributed by atoms with Crippen LogP contribution in [-0.2, 0) is 11.2 Å². The van der Waals surface area contributed by atoms with Crippen molar-refractivity contribution in [1.29, 1.82) is 0 Å². The standard InChI is InChI=1S/C17H17N3O/c1-13-5-7-14(8-6-13)9-10-16(21)19-17-18-12-15-4-2-3-11-20(15)17/h2-8,11-12H,9-10H2,1H3,(H,18,19,21). The molecule has 0 atom stereocenters. The number of carbonyl (C=O) groups is 1. The van der Waals surface area contributed by atoms with Crippen LogP contribution < -0.4 is 5.32 Å². The molecule has 0 spiro atoms. The topological polar surface area (TPSA) is 46.4 Å². The van der Waals surface area contributed by atoms with E-state index in [0.29, 0.717) is 12.4 Å². The first-order chi connectivity index (χ1) is 10.2. The minimum atomic E-state index is -0.0214. The molecule has 0 radical (unpaired) electrons. The van der Waals surface area contributed by atoms with E-state index in [2.05, 4.69) is 41.5 Å². The van der Waals surface area contributed by atoms with Crippen molar-refractivity contribution in [3.8, 4) is 0 Å². The molecular formula is C17H17N3O. The molecule has 2 aromatic heterocycles. The van der Waals surface area contributed by atoms with E-state index >= 15 is 0 Å². The van der Waals surface area contributed by atoms with Crippen LogP contribution in [0, 0.1) is 6.92 Å². The molecule has 21 heavy (non-hydrogen) atoms. The second kappa shape index (κ2) is 5.79. The molecule has 3 rings (SSSR count). The lowest BCUT2D eigenvalue weighted by atomic mass is 10.1. The number of fused-ring (bicyclic) bond motifs is 1. The number of imidazole rings is 1. The predicted molar refractivity (Wildman–Crippen MR) is 83.3 cm³/mol. The van der Waals surface area contributed by atoms with E-state index in [1.807, 2.05) is 28.8 Å². The van der Waals surface area contributed by atoms with Gasteiger partial charge >= 0.3 is 0 Å². The van der Waals surface area contributed by atoms with Gasteiger partial charge in [-0.2, -0.15) is 0 Å². The van der Waals surface area contributed by atoms with Gasteiger partial charge in [0.2, 0.25) is 11.9 Å². The molecule has 0 saturated heterocycles. The Kier molecular flexibility index (Phi) is 3.69. The summed E-state index contributed by atoms with van der Waals surface area (Å²) in [4.78, 5) is 16.3. The number of hydrogen-bond donors (Lipinski definition) is 1. The van der Waals surface area contributed by atoms with Crippen LogP contribution in [0.25, 0.3) is 5.52 Å². The number of aromatic nitrogens is 2. The molecule has 1 N–H and O–H groups in total. The summed E-state index contributed by atoms with van der Waals surface area (Å²) in [5.41, 5.74) is 3.36. The van der Waals surface area contributed by atoms with Gasteiger partial charge in [-0.15, -0.1) is 0 Å². The van der Waals surface area contributed by atoms with Crippen LogP contribution in [0.5, 0.6) is 0 Å². The Morgan fingerprint density at radius 1 is 1.19 bits per heavy atom.